The van der Waals surface area contributed by atoms with Crippen LogP contribution in [0.4, 0.5) is 5.69 Å². The lowest BCUT2D eigenvalue weighted by molar-refractivity contribution is -0.137. The molecule has 0 aliphatic carbocycles. The van der Waals surface area contributed by atoms with E-state index in [1.165, 1.54) is 17.1 Å². The first kappa shape index (κ1) is 13.1. The number of carbonyl (C=O) groups is 2. The minimum atomic E-state index is -1.02. The van der Waals surface area contributed by atoms with Crippen LogP contribution in [-0.4, -0.2) is 26.8 Å². The average Bonchev–Trinajstić information content (AvgIpc) is 2.76. The van der Waals surface area contributed by atoms with Crippen LogP contribution in [0.25, 0.3) is 0 Å². The lowest BCUT2D eigenvalue weighted by Crippen LogP contribution is -2.12. The number of amides is 1. The first-order valence-corrected chi connectivity index (χ1v) is 5.73. The smallest absolute Gasteiger partial charge is 0.325 e. The molecule has 2 N–H and O–H groups in total. The van der Waals surface area contributed by atoms with E-state index in [4.69, 9.17) is 16.7 Å². The first-order valence-electron chi connectivity index (χ1n) is 5.36. The SMILES string of the molecule is O=C(O)Cn1cc(C(=O)Nc2cccc(Cl)c2)cn1. The van der Waals surface area contributed by atoms with Gasteiger partial charge in [0.25, 0.3) is 5.91 Å². The second-order valence-electron chi connectivity index (χ2n) is 3.78. The Hall–Kier alpha value is -2.34. The molecule has 0 fully saturated rings. The molecule has 1 aromatic heterocycles. The third-order valence-electron chi connectivity index (χ3n) is 2.28. The number of nitrogens with zero attached hydrogens (tertiary/aromatic N) is 2. The minimum Gasteiger partial charge on any atom is -0.480 e. The number of anilines is 1. The van der Waals surface area contributed by atoms with Crippen LogP contribution in [0.1, 0.15) is 10.4 Å². The number of carbonyl (C=O) groups excluding carboxylic acids is 1. The van der Waals surface area contributed by atoms with Crippen molar-refractivity contribution in [3.05, 3.63) is 47.2 Å². The normalized spacial score (nSPS) is 10.2. The van der Waals surface area contributed by atoms with E-state index in [0.29, 0.717) is 10.7 Å². The fourth-order valence-electron chi connectivity index (χ4n) is 1.48. The Labute approximate surface area is 113 Å². The maximum absolute atomic E-state index is 11.9. The molecule has 0 saturated carbocycles. The highest BCUT2D eigenvalue weighted by Crippen LogP contribution is 2.15. The van der Waals surface area contributed by atoms with Crippen LogP contribution in [0.2, 0.25) is 5.02 Å². The van der Waals surface area contributed by atoms with E-state index in [1.807, 2.05) is 0 Å². The van der Waals surface area contributed by atoms with Crippen LogP contribution in [0.3, 0.4) is 0 Å². The first-order chi connectivity index (χ1) is 9.04. The number of benzene rings is 1. The van der Waals surface area contributed by atoms with E-state index >= 15 is 0 Å². The minimum absolute atomic E-state index is 0.279. The molecule has 0 aliphatic heterocycles. The third-order valence-corrected chi connectivity index (χ3v) is 2.51. The molecule has 19 heavy (non-hydrogen) atoms. The molecule has 0 spiro atoms. The Morgan fingerprint density at radius 1 is 1.42 bits per heavy atom. The van der Waals surface area contributed by atoms with Crippen LogP contribution >= 0.6 is 11.6 Å². The van der Waals surface area contributed by atoms with Crippen molar-refractivity contribution in [1.82, 2.24) is 9.78 Å². The molecule has 2 rings (SSSR count). The monoisotopic (exact) mass is 279 g/mol. The number of halogens is 1. The molecule has 0 aliphatic rings. The zero-order chi connectivity index (χ0) is 13.8. The summed E-state index contributed by atoms with van der Waals surface area (Å²) in [6.07, 6.45) is 2.68. The highest BCUT2D eigenvalue weighted by Gasteiger charge is 2.10. The molecule has 0 atom stereocenters. The predicted octanol–water partition coefficient (Wildman–Crippen LogP) is 1.87. The van der Waals surface area contributed by atoms with E-state index in [2.05, 4.69) is 10.4 Å². The summed E-state index contributed by atoms with van der Waals surface area (Å²) in [5.74, 6) is -1.40. The summed E-state index contributed by atoms with van der Waals surface area (Å²) < 4.78 is 1.18. The van der Waals surface area contributed by atoms with Gasteiger partial charge < -0.3 is 10.4 Å². The van der Waals surface area contributed by atoms with Crippen LogP contribution in [0.15, 0.2) is 36.7 Å². The van der Waals surface area contributed by atoms with Crippen molar-refractivity contribution in [3.63, 3.8) is 0 Å². The number of nitrogens with one attached hydrogen (secondary N) is 1. The Kier molecular flexibility index (Phi) is 3.82. The number of aromatic nitrogens is 2. The van der Waals surface area contributed by atoms with E-state index in [1.54, 1.807) is 24.3 Å². The Morgan fingerprint density at radius 3 is 2.89 bits per heavy atom. The van der Waals surface area contributed by atoms with Gasteiger partial charge in [-0.25, -0.2) is 0 Å². The summed E-state index contributed by atoms with van der Waals surface area (Å²) in [7, 11) is 0. The van der Waals surface area contributed by atoms with E-state index in [0.717, 1.165) is 0 Å². The standard InChI is InChI=1S/C12H10ClN3O3/c13-9-2-1-3-10(4-9)15-12(19)8-5-14-16(6-8)7-11(17)18/h1-6H,7H2,(H,15,19)(H,17,18). The van der Waals surface area contributed by atoms with Gasteiger partial charge >= 0.3 is 5.97 Å². The number of rotatable bonds is 4. The summed E-state index contributed by atoms with van der Waals surface area (Å²) in [4.78, 5) is 22.4. The fourth-order valence-corrected chi connectivity index (χ4v) is 1.67. The predicted molar refractivity (Wildman–Crippen MR) is 69.3 cm³/mol. The van der Waals surface area contributed by atoms with Gasteiger partial charge in [0.05, 0.1) is 11.8 Å². The summed E-state index contributed by atoms with van der Waals surface area (Å²) >= 11 is 5.80. The van der Waals surface area contributed by atoms with E-state index < -0.39 is 5.97 Å². The highest BCUT2D eigenvalue weighted by molar-refractivity contribution is 6.30. The number of aliphatic carboxylic acids is 1. The van der Waals surface area contributed by atoms with Gasteiger partial charge in [-0.2, -0.15) is 5.10 Å². The summed E-state index contributed by atoms with van der Waals surface area (Å²) in [6, 6.07) is 6.72. The van der Waals surface area contributed by atoms with Crippen molar-refractivity contribution < 1.29 is 14.7 Å². The van der Waals surface area contributed by atoms with Crippen LogP contribution in [0, 0.1) is 0 Å². The van der Waals surface area contributed by atoms with Crippen LogP contribution in [0.5, 0.6) is 0 Å². The van der Waals surface area contributed by atoms with E-state index in [-0.39, 0.29) is 18.0 Å². The molecule has 7 heteroatoms. The molecule has 98 valence electrons. The number of carboxylic acids is 1. The van der Waals surface area contributed by atoms with Gasteiger partial charge in [-0.1, -0.05) is 17.7 Å². The molecule has 1 aromatic carbocycles. The van der Waals surface area contributed by atoms with Crippen molar-refractivity contribution in [2.75, 3.05) is 5.32 Å². The number of hydrogen-bond acceptors (Lipinski definition) is 3. The molecule has 2 aromatic rings. The molecule has 0 radical (unpaired) electrons. The van der Waals surface area contributed by atoms with Crippen molar-refractivity contribution in [1.29, 1.82) is 0 Å². The van der Waals surface area contributed by atoms with Crippen molar-refractivity contribution in [2.45, 2.75) is 6.54 Å². The summed E-state index contributed by atoms with van der Waals surface area (Å²) in [6.45, 7) is -0.287. The quantitative estimate of drug-likeness (QED) is 0.895. The maximum atomic E-state index is 11.9. The van der Waals surface area contributed by atoms with Gasteiger partial charge in [0.1, 0.15) is 6.54 Å². The molecule has 0 unspecified atom stereocenters. The maximum Gasteiger partial charge on any atom is 0.325 e. The zero-order valence-electron chi connectivity index (χ0n) is 9.71. The molecular weight excluding hydrogens is 270 g/mol. The molecule has 6 nitrogen and oxygen atoms in total. The van der Waals surface area contributed by atoms with Gasteiger partial charge in [-0.05, 0) is 18.2 Å². The number of carboxylic acid groups (broad SMARTS) is 1. The van der Waals surface area contributed by atoms with Crippen LogP contribution in [-0.2, 0) is 11.3 Å². The summed E-state index contributed by atoms with van der Waals surface area (Å²) in [5.41, 5.74) is 0.838. The van der Waals surface area contributed by atoms with Crippen molar-refractivity contribution >= 4 is 29.2 Å². The highest BCUT2D eigenvalue weighted by atomic mass is 35.5. The van der Waals surface area contributed by atoms with Crippen molar-refractivity contribution in [2.24, 2.45) is 0 Å². The lowest BCUT2D eigenvalue weighted by Gasteiger charge is -2.03. The topological polar surface area (TPSA) is 84.2 Å². The van der Waals surface area contributed by atoms with Crippen LogP contribution < -0.4 is 5.32 Å². The van der Waals surface area contributed by atoms with Gasteiger partial charge in [0, 0.05) is 16.9 Å². The molecular formula is C12H10ClN3O3. The lowest BCUT2D eigenvalue weighted by atomic mass is 10.3. The Morgan fingerprint density at radius 2 is 2.21 bits per heavy atom. The molecule has 0 saturated heterocycles. The fraction of sp³-hybridized carbons (Fsp3) is 0.0833. The average molecular weight is 280 g/mol. The Bertz CT molecular complexity index is 624. The van der Waals surface area contributed by atoms with Gasteiger partial charge in [0.2, 0.25) is 0 Å². The number of hydrogen-bond donors (Lipinski definition) is 2. The molecule has 1 amide bonds. The molecule has 0 bridgehead atoms. The largest absolute Gasteiger partial charge is 0.480 e. The van der Waals surface area contributed by atoms with E-state index in [9.17, 15) is 9.59 Å². The zero-order valence-corrected chi connectivity index (χ0v) is 10.5. The van der Waals surface area contributed by atoms with Gasteiger partial charge in [-0.3, -0.25) is 14.3 Å². The Balaban J connectivity index is 2.07. The second-order valence-corrected chi connectivity index (χ2v) is 4.22. The molecule has 1 heterocycles. The van der Waals surface area contributed by atoms with Crippen molar-refractivity contribution in [3.8, 4) is 0 Å². The van der Waals surface area contributed by atoms with Gasteiger partial charge in [-0.15, -0.1) is 0 Å². The van der Waals surface area contributed by atoms with Gasteiger partial charge in [0.15, 0.2) is 0 Å². The summed E-state index contributed by atoms with van der Waals surface area (Å²) in [5, 5.41) is 15.5. The third kappa shape index (κ3) is 3.56. The second kappa shape index (κ2) is 5.53.